The first-order valence-electron chi connectivity index (χ1n) is 8.90. The first-order valence-corrected chi connectivity index (χ1v) is 8.90. The number of carbonyl (C=O) groups excluding carboxylic acids is 1. The molecule has 3 rings (SSSR count). The molecule has 3 nitrogen and oxygen atoms in total. The van der Waals surface area contributed by atoms with Crippen LogP contribution in [0.2, 0.25) is 0 Å². The number of para-hydroxylation sites is 1. The number of nitrogens with zero attached hydrogens (tertiary/aromatic N) is 1. The summed E-state index contributed by atoms with van der Waals surface area (Å²) in [5, 5.41) is 4.95. The van der Waals surface area contributed by atoms with Gasteiger partial charge < -0.3 is 10.1 Å². The van der Waals surface area contributed by atoms with Gasteiger partial charge in [0.15, 0.2) is 0 Å². The number of unbranched alkanes of at least 4 members (excludes halogenated alkanes) is 3. The molecule has 0 radical (unpaired) electrons. The number of aromatic nitrogens is 1. The third-order valence-corrected chi connectivity index (χ3v) is 4.79. The number of fused-ring (bicyclic) bond motifs is 2. The number of anilines is 1. The highest BCUT2D eigenvalue weighted by Gasteiger charge is 2.18. The van der Waals surface area contributed by atoms with Crippen LogP contribution >= 0.6 is 0 Å². The van der Waals surface area contributed by atoms with Crippen molar-refractivity contribution in [3.8, 4) is 0 Å². The molecule has 0 fully saturated rings. The number of rotatable bonds is 7. The maximum atomic E-state index is 10.4. The molecule has 0 atom stereocenters. The summed E-state index contributed by atoms with van der Waals surface area (Å²) in [5.41, 5.74) is 6.44. The van der Waals surface area contributed by atoms with Crippen LogP contribution in [0.15, 0.2) is 18.2 Å². The minimum absolute atomic E-state index is 0.687. The van der Waals surface area contributed by atoms with Crippen molar-refractivity contribution in [2.24, 2.45) is 0 Å². The summed E-state index contributed by atoms with van der Waals surface area (Å²) >= 11 is 0. The molecule has 0 saturated carbocycles. The molecule has 23 heavy (non-hydrogen) atoms. The number of aryl methyl sites for hydroxylation is 2. The van der Waals surface area contributed by atoms with E-state index in [1.807, 2.05) is 0 Å². The third kappa shape index (κ3) is 3.54. The van der Waals surface area contributed by atoms with Gasteiger partial charge in [-0.05, 0) is 56.6 Å². The van der Waals surface area contributed by atoms with E-state index < -0.39 is 0 Å². The summed E-state index contributed by atoms with van der Waals surface area (Å²) in [6.07, 6.45) is 9.68. The third-order valence-electron chi connectivity index (χ3n) is 4.79. The summed E-state index contributed by atoms with van der Waals surface area (Å²) in [4.78, 5) is 15.3. The van der Waals surface area contributed by atoms with E-state index in [0.29, 0.717) is 6.42 Å². The highest BCUT2D eigenvalue weighted by molar-refractivity contribution is 5.95. The first-order chi connectivity index (χ1) is 11.3. The Morgan fingerprint density at radius 3 is 2.91 bits per heavy atom. The monoisotopic (exact) mass is 310 g/mol. The molecule has 1 aromatic carbocycles. The van der Waals surface area contributed by atoms with Gasteiger partial charge in [0, 0.05) is 29.7 Å². The quantitative estimate of drug-likeness (QED) is 0.600. The molecule has 1 N–H and O–H groups in total. The van der Waals surface area contributed by atoms with Crippen LogP contribution in [0.4, 0.5) is 5.69 Å². The van der Waals surface area contributed by atoms with Gasteiger partial charge in [-0.25, -0.2) is 0 Å². The van der Waals surface area contributed by atoms with E-state index in [2.05, 4.69) is 30.4 Å². The van der Waals surface area contributed by atoms with Crippen LogP contribution in [-0.4, -0.2) is 17.8 Å². The number of hydrogen-bond acceptors (Lipinski definition) is 3. The molecule has 0 saturated heterocycles. The molecule has 0 amide bonds. The van der Waals surface area contributed by atoms with Gasteiger partial charge >= 0.3 is 0 Å². The van der Waals surface area contributed by atoms with Crippen LogP contribution in [0.25, 0.3) is 10.9 Å². The normalized spacial score (nSPS) is 13.8. The average Bonchev–Trinajstić information content (AvgIpc) is 2.58. The Kier molecular flexibility index (Phi) is 5.27. The number of pyridine rings is 1. The SMILES string of the molecule is Cc1cccc2c(NCCCCCC=O)c3c(nc12)CCCC3. The molecular weight excluding hydrogens is 284 g/mol. The molecular formula is C20H26N2O. The van der Waals surface area contributed by atoms with Crippen molar-refractivity contribution in [3.63, 3.8) is 0 Å². The predicted octanol–water partition coefficient (Wildman–Crippen LogP) is 4.59. The molecule has 1 heterocycles. The summed E-state index contributed by atoms with van der Waals surface area (Å²) in [6.45, 7) is 3.12. The van der Waals surface area contributed by atoms with Crippen molar-refractivity contribution in [2.75, 3.05) is 11.9 Å². The van der Waals surface area contributed by atoms with Gasteiger partial charge in [-0.3, -0.25) is 4.98 Å². The second kappa shape index (κ2) is 7.58. The van der Waals surface area contributed by atoms with Gasteiger partial charge in [0.05, 0.1) is 5.52 Å². The topological polar surface area (TPSA) is 42.0 Å². The fourth-order valence-corrected chi connectivity index (χ4v) is 3.53. The zero-order valence-electron chi connectivity index (χ0n) is 14.0. The van der Waals surface area contributed by atoms with Crippen molar-refractivity contribution in [3.05, 3.63) is 35.0 Å². The van der Waals surface area contributed by atoms with E-state index in [4.69, 9.17) is 4.98 Å². The van der Waals surface area contributed by atoms with Crippen LogP contribution in [0, 0.1) is 6.92 Å². The number of hydrogen-bond donors (Lipinski definition) is 1. The fourth-order valence-electron chi connectivity index (χ4n) is 3.53. The Balaban J connectivity index is 1.84. The summed E-state index contributed by atoms with van der Waals surface area (Å²) in [6, 6.07) is 6.47. The van der Waals surface area contributed by atoms with Crippen molar-refractivity contribution in [2.45, 2.75) is 58.3 Å². The molecule has 1 aliphatic rings. The van der Waals surface area contributed by atoms with Gasteiger partial charge in [-0.1, -0.05) is 24.6 Å². The first kappa shape index (κ1) is 16.0. The van der Waals surface area contributed by atoms with Crippen molar-refractivity contribution in [1.82, 2.24) is 4.98 Å². The zero-order chi connectivity index (χ0) is 16.1. The van der Waals surface area contributed by atoms with E-state index in [0.717, 1.165) is 50.5 Å². The Morgan fingerprint density at radius 2 is 2.04 bits per heavy atom. The summed E-state index contributed by atoms with van der Waals surface area (Å²) < 4.78 is 0. The van der Waals surface area contributed by atoms with Gasteiger partial charge in [0.1, 0.15) is 6.29 Å². The highest BCUT2D eigenvalue weighted by Crippen LogP contribution is 2.34. The summed E-state index contributed by atoms with van der Waals surface area (Å²) in [5.74, 6) is 0. The molecule has 122 valence electrons. The standard InChI is InChI=1S/C20H26N2O/c1-15-9-8-11-17-19(15)22-18-12-5-4-10-16(18)20(17)21-13-6-2-3-7-14-23/h8-9,11,14H,2-7,10,12-13H2,1H3,(H,21,22). The van der Waals surface area contributed by atoms with E-state index >= 15 is 0 Å². The smallest absolute Gasteiger partial charge is 0.119 e. The van der Waals surface area contributed by atoms with Crippen LogP contribution in [0.3, 0.4) is 0 Å². The predicted molar refractivity (Wildman–Crippen MR) is 96.1 cm³/mol. The molecule has 1 aliphatic carbocycles. The molecule has 3 heteroatoms. The fraction of sp³-hybridized carbons (Fsp3) is 0.500. The van der Waals surface area contributed by atoms with Gasteiger partial charge in [0.25, 0.3) is 0 Å². The minimum Gasteiger partial charge on any atom is -0.384 e. The van der Waals surface area contributed by atoms with Crippen molar-refractivity contribution >= 4 is 22.9 Å². The van der Waals surface area contributed by atoms with Crippen LogP contribution in [0.5, 0.6) is 0 Å². The summed E-state index contributed by atoms with van der Waals surface area (Å²) in [7, 11) is 0. The minimum atomic E-state index is 0.687. The number of nitrogens with one attached hydrogen (secondary N) is 1. The molecule has 2 aromatic rings. The maximum absolute atomic E-state index is 10.4. The van der Waals surface area contributed by atoms with Gasteiger partial charge in [0.2, 0.25) is 0 Å². The van der Waals surface area contributed by atoms with Gasteiger partial charge in [-0.15, -0.1) is 0 Å². The average molecular weight is 310 g/mol. The van der Waals surface area contributed by atoms with Crippen molar-refractivity contribution < 1.29 is 4.79 Å². The lowest BCUT2D eigenvalue weighted by Crippen LogP contribution is -2.12. The molecule has 0 bridgehead atoms. The molecule has 0 aliphatic heterocycles. The van der Waals surface area contributed by atoms with E-state index in [1.165, 1.54) is 40.7 Å². The van der Waals surface area contributed by atoms with Gasteiger partial charge in [-0.2, -0.15) is 0 Å². The Labute approximate surface area is 138 Å². The van der Waals surface area contributed by atoms with E-state index in [9.17, 15) is 4.79 Å². The number of benzene rings is 1. The lowest BCUT2D eigenvalue weighted by atomic mass is 9.92. The Hall–Kier alpha value is -1.90. The molecule has 0 unspecified atom stereocenters. The van der Waals surface area contributed by atoms with Crippen LogP contribution in [0.1, 0.15) is 55.3 Å². The lowest BCUT2D eigenvalue weighted by Gasteiger charge is -2.22. The largest absolute Gasteiger partial charge is 0.384 e. The second-order valence-electron chi connectivity index (χ2n) is 6.53. The van der Waals surface area contributed by atoms with E-state index in [-0.39, 0.29) is 0 Å². The second-order valence-corrected chi connectivity index (χ2v) is 6.53. The lowest BCUT2D eigenvalue weighted by molar-refractivity contribution is -0.107. The van der Waals surface area contributed by atoms with E-state index in [1.54, 1.807) is 0 Å². The zero-order valence-corrected chi connectivity index (χ0v) is 14.0. The maximum Gasteiger partial charge on any atom is 0.119 e. The Morgan fingerprint density at radius 1 is 1.17 bits per heavy atom. The number of aldehydes is 1. The Bertz CT molecular complexity index is 694. The molecule has 1 aromatic heterocycles. The van der Waals surface area contributed by atoms with Crippen molar-refractivity contribution in [1.29, 1.82) is 0 Å². The number of carbonyl (C=O) groups is 1. The van der Waals surface area contributed by atoms with Crippen LogP contribution in [-0.2, 0) is 17.6 Å². The van der Waals surface area contributed by atoms with Crippen LogP contribution < -0.4 is 5.32 Å². The molecule has 0 spiro atoms. The highest BCUT2D eigenvalue weighted by atomic mass is 16.1.